The van der Waals surface area contributed by atoms with Gasteiger partial charge in [0.05, 0.1) is 7.11 Å². The van der Waals surface area contributed by atoms with Crippen LogP contribution in [0, 0.1) is 6.92 Å². The molecule has 96 valence electrons. The van der Waals surface area contributed by atoms with E-state index >= 15 is 0 Å². The van der Waals surface area contributed by atoms with Crippen molar-refractivity contribution in [1.29, 1.82) is 0 Å². The molecule has 18 heavy (non-hydrogen) atoms. The van der Waals surface area contributed by atoms with Crippen molar-refractivity contribution in [2.75, 3.05) is 13.0 Å². The normalized spacial score (nSPS) is 10.6. The topological polar surface area (TPSA) is 54.1 Å². The number of methoxy groups -OCH3 is 1. The largest absolute Gasteiger partial charge is 0.496 e. The summed E-state index contributed by atoms with van der Waals surface area (Å²) in [4.78, 5) is 14.5. The number of hydrogen-bond acceptors (Lipinski definition) is 2. The number of alkyl halides is 1. The molecular formula is C13H15ClN2O2. The van der Waals surface area contributed by atoms with E-state index in [4.69, 9.17) is 16.3 Å². The van der Waals surface area contributed by atoms with E-state index in [1.165, 1.54) is 0 Å². The van der Waals surface area contributed by atoms with Gasteiger partial charge in [0.2, 0.25) is 5.91 Å². The maximum absolute atomic E-state index is 11.2. The highest BCUT2D eigenvalue weighted by atomic mass is 35.5. The smallest absolute Gasteiger partial charge is 0.235 e. The molecule has 1 heterocycles. The van der Waals surface area contributed by atoms with E-state index in [0.717, 1.165) is 27.9 Å². The number of aryl methyl sites for hydroxylation is 1. The van der Waals surface area contributed by atoms with Gasteiger partial charge in [0.1, 0.15) is 11.6 Å². The summed E-state index contributed by atoms with van der Waals surface area (Å²) in [6.07, 6.45) is 0. The zero-order chi connectivity index (χ0) is 13.1. The summed E-state index contributed by atoms with van der Waals surface area (Å²) in [7, 11) is 1.62. The fourth-order valence-electron chi connectivity index (χ4n) is 1.99. The van der Waals surface area contributed by atoms with Crippen LogP contribution in [0.1, 0.15) is 11.3 Å². The SMILES string of the molecule is COc1ccc2[nH]c(C)cc2c1CNC(=O)CCl. The highest BCUT2D eigenvalue weighted by Gasteiger charge is 2.11. The first-order chi connectivity index (χ1) is 8.65. The van der Waals surface area contributed by atoms with Gasteiger partial charge >= 0.3 is 0 Å². The number of H-pyrrole nitrogens is 1. The second-order valence-electron chi connectivity index (χ2n) is 4.07. The molecule has 0 aliphatic heterocycles. The average Bonchev–Trinajstić information content (AvgIpc) is 2.75. The van der Waals surface area contributed by atoms with Crippen LogP contribution in [0.15, 0.2) is 18.2 Å². The minimum Gasteiger partial charge on any atom is -0.496 e. The number of nitrogens with one attached hydrogen (secondary N) is 2. The summed E-state index contributed by atoms with van der Waals surface area (Å²) in [5, 5.41) is 3.82. The summed E-state index contributed by atoms with van der Waals surface area (Å²) >= 11 is 5.46. The summed E-state index contributed by atoms with van der Waals surface area (Å²) < 4.78 is 5.33. The third-order valence-electron chi connectivity index (χ3n) is 2.81. The monoisotopic (exact) mass is 266 g/mol. The molecule has 0 aliphatic carbocycles. The van der Waals surface area contributed by atoms with Gasteiger partial charge < -0.3 is 15.0 Å². The highest BCUT2D eigenvalue weighted by molar-refractivity contribution is 6.27. The van der Waals surface area contributed by atoms with Crippen LogP contribution in [0.2, 0.25) is 0 Å². The van der Waals surface area contributed by atoms with Gasteiger partial charge in [-0.2, -0.15) is 0 Å². The van der Waals surface area contributed by atoms with Gasteiger partial charge in [0.15, 0.2) is 0 Å². The lowest BCUT2D eigenvalue weighted by molar-refractivity contribution is -0.118. The molecule has 2 rings (SSSR count). The van der Waals surface area contributed by atoms with Crippen LogP contribution in [0.3, 0.4) is 0 Å². The van der Waals surface area contributed by atoms with Crippen LogP contribution in [-0.2, 0) is 11.3 Å². The number of ether oxygens (including phenoxy) is 1. The van der Waals surface area contributed by atoms with Crippen molar-refractivity contribution < 1.29 is 9.53 Å². The van der Waals surface area contributed by atoms with Gasteiger partial charge in [-0.1, -0.05) is 0 Å². The third kappa shape index (κ3) is 2.43. The number of rotatable bonds is 4. The average molecular weight is 267 g/mol. The first-order valence-corrected chi connectivity index (χ1v) is 6.17. The molecular weight excluding hydrogens is 252 g/mol. The van der Waals surface area contributed by atoms with E-state index in [0.29, 0.717) is 6.54 Å². The van der Waals surface area contributed by atoms with Gasteiger partial charge in [-0.3, -0.25) is 4.79 Å². The molecule has 4 nitrogen and oxygen atoms in total. The van der Waals surface area contributed by atoms with Crippen LogP contribution in [-0.4, -0.2) is 23.9 Å². The maximum Gasteiger partial charge on any atom is 0.235 e. The van der Waals surface area contributed by atoms with Crippen molar-refractivity contribution in [1.82, 2.24) is 10.3 Å². The zero-order valence-corrected chi connectivity index (χ0v) is 11.1. The Morgan fingerprint density at radius 1 is 1.50 bits per heavy atom. The van der Waals surface area contributed by atoms with Gasteiger partial charge in [-0.25, -0.2) is 0 Å². The van der Waals surface area contributed by atoms with Gasteiger partial charge in [0.25, 0.3) is 0 Å². The minimum absolute atomic E-state index is 0.0372. The van der Waals surface area contributed by atoms with Crippen molar-refractivity contribution in [2.45, 2.75) is 13.5 Å². The second kappa shape index (κ2) is 5.31. The number of aromatic amines is 1. The lowest BCUT2D eigenvalue weighted by Crippen LogP contribution is -2.24. The molecule has 0 radical (unpaired) electrons. The Morgan fingerprint density at radius 3 is 2.94 bits per heavy atom. The summed E-state index contributed by atoms with van der Waals surface area (Å²) in [5.41, 5.74) is 3.06. The molecule has 2 N–H and O–H groups in total. The van der Waals surface area contributed by atoms with Crippen molar-refractivity contribution in [3.05, 3.63) is 29.5 Å². The summed E-state index contributed by atoms with van der Waals surface area (Å²) in [5.74, 6) is 0.532. The summed E-state index contributed by atoms with van der Waals surface area (Å²) in [6.45, 7) is 2.40. The molecule has 0 saturated heterocycles. The lowest BCUT2D eigenvalue weighted by Gasteiger charge is -2.10. The van der Waals surface area contributed by atoms with Crippen molar-refractivity contribution >= 4 is 28.4 Å². The molecule has 1 aromatic heterocycles. The fraction of sp³-hybridized carbons (Fsp3) is 0.308. The van der Waals surface area contributed by atoms with Crippen molar-refractivity contribution in [3.63, 3.8) is 0 Å². The number of halogens is 1. The van der Waals surface area contributed by atoms with E-state index in [2.05, 4.69) is 10.3 Å². The highest BCUT2D eigenvalue weighted by Crippen LogP contribution is 2.28. The molecule has 5 heteroatoms. The number of fused-ring (bicyclic) bond motifs is 1. The molecule has 0 fully saturated rings. The molecule has 0 aliphatic rings. The van der Waals surface area contributed by atoms with E-state index in [1.54, 1.807) is 7.11 Å². The predicted octanol–water partition coefficient (Wildman–Crippen LogP) is 2.34. The Morgan fingerprint density at radius 2 is 2.28 bits per heavy atom. The van der Waals surface area contributed by atoms with Gasteiger partial charge in [0, 0.05) is 28.7 Å². The molecule has 0 unspecified atom stereocenters. The molecule has 1 amide bonds. The Hall–Kier alpha value is -1.68. The number of aromatic nitrogens is 1. The van der Waals surface area contributed by atoms with Gasteiger partial charge in [-0.15, -0.1) is 11.6 Å². The number of hydrogen-bond donors (Lipinski definition) is 2. The standard InChI is InChI=1S/C13H15ClN2O2/c1-8-5-9-10(7-15-13(17)6-14)12(18-2)4-3-11(9)16-8/h3-5,16H,6-7H2,1-2H3,(H,15,17). The zero-order valence-electron chi connectivity index (χ0n) is 10.3. The molecule has 0 spiro atoms. The van der Waals surface area contributed by atoms with E-state index < -0.39 is 0 Å². The van der Waals surface area contributed by atoms with Crippen molar-refractivity contribution in [2.24, 2.45) is 0 Å². The Balaban J connectivity index is 2.40. The quantitative estimate of drug-likeness (QED) is 0.835. The Bertz CT molecular complexity index is 578. The Labute approximate surface area is 110 Å². The van der Waals surface area contributed by atoms with Crippen LogP contribution >= 0.6 is 11.6 Å². The molecule has 2 aromatic rings. The van der Waals surface area contributed by atoms with Crippen LogP contribution in [0.4, 0.5) is 0 Å². The van der Waals surface area contributed by atoms with Crippen LogP contribution < -0.4 is 10.1 Å². The number of carbonyl (C=O) groups excluding carboxylic acids is 1. The maximum atomic E-state index is 11.2. The van der Waals surface area contributed by atoms with Crippen LogP contribution in [0.5, 0.6) is 5.75 Å². The fourth-order valence-corrected chi connectivity index (χ4v) is 2.09. The van der Waals surface area contributed by atoms with Crippen molar-refractivity contribution in [3.8, 4) is 5.75 Å². The number of amides is 1. The molecule has 1 aromatic carbocycles. The third-order valence-corrected chi connectivity index (χ3v) is 3.05. The first kappa shape index (κ1) is 12.8. The first-order valence-electron chi connectivity index (χ1n) is 5.63. The van der Waals surface area contributed by atoms with E-state index in [-0.39, 0.29) is 11.8 Å². The number of benzene rings is 1. The second-order valence-corrected chi connectivity index (χ2v) is 4.34. The Kier molecular flexibility index (Phi) is 3.77. The molecule has 0 saturated carbocycles. The number of carbonyl (C=O) groups is 1. The predicted molar refractivity (Wildman–Crippen MR) is 72.2 cm³/mol. The van der Waals surface area contributed by atoms with Crippen LogP contribution in [0.25, 0.3) is 10.9 Å². The van der Waals surface area contributed by atoms with E-state index in [9.17, 15) is 4.79 Å². The van der Waals surface area contributed by atoms with E-state index in [1.807, 2.05) is 25.1 Å². The molecule has 0 bridgehead atoms. The molecule has 0 atom stereocenters. The lowest BCUT2D eigenvalue weighted by atomic mass is 10.1. The minimum atomic E-state index is -0.192. The van der Waals surface area contributed by atoms with Gasteiger partial charge in [-0.05, 0) is 25.1 Å². The summed E-state index contributed by atoms with van der Waals surface area (Å²) in [6, 6.07) is 5.90.